The zero-order valence-corrected chi connectivity index (χ0v) is 24.5. The van der Waals surface area contributed by atoms with Gasteiger partial charge in [-0.1, -0.05) is 23.2 Å². The summed E-state index contributed by atoms with van der Waals surface area (Å²) in [5, 5.41) is 3.57. The van der Waals surface area contributed by atoms with E-state index in [1.54, 1.807) is 6.07 Å². The summed E-state index contributed by atoms with van der Waals surface area (Å²) in [7, 11) is 0. The largest absolute Gasteiger partial charge is 0.486 e. The number of anilines is 2. The molecule has 0 unspecified atom stereocenters. The van der Waals surface area contributed by atoms with Gasteiger partial charge in [0.25, 0.3) is 0 Å². The van der Waals surface area contributed by atoms with Crippen LogP contribution in [0.3, 0.4) is 0 Å². The maximum Gasteiger partial charge on any atom is 0.410 e. The number of fused-ring (bicyclic) bond motifs is 3. The van der Waals surface area contributed by atoms with Gasteiger partial charge in [-0.3, -0.25) is 0 Å². The first-order chi connectivity index (χ1) is 19.6. The summed E-state index contributed by atoms with van der Waals surface area (Å²) in [6.07, 6.45) is 4.03. The molecule has 0 radical (unpaired) electrons. The average Bonchev–Trinajstić information content (AvgIpc) is 3.16. The Labute approximate surface area is 247 Å². The van der Waals surface area contributed by atoms with Crippen molar-refractivity contribution in [2.24, 2.45) is 0 Å². The Bertz CT molecular complexity index is 1470. The van der Waals surface area contributed by atoms with E-state index in [0.717, 1.165) is 12.8 Å². The van der Waals surface area contributed by atoms with Crippen LogP contribution in [0.5, 0.6) is 11.5 Å². The molecule has 3 aliphatic heterocycles. The van der Waals surface area contributed by atoms with Crippen LogP contribution in [0.25, 0.3) is 10.9 Å². The highest BCUT2D eigenvalue weighted by Crippen LogP contribution is 2.42. The number of piperidine rings is 1. The van der Waals surface area contributed by atoms with Crippen LogP contribution in [0.15, 0.2) is 30.6 Å². The molecule has 12 heteroatoms. The van der Waals surface area contributed by atoms with Gasteiger partial charge in [0.1, 0.15) is 30.0 Å². The highest BCUT2D eigenvalue weighted by atomic mass is 35.5. The third-order valence-corrected chi connectivity index (χ3v) is 8.26. The van der Waals surface area contributed by atoms with Crippen molar-refractivity contribution in [2.45, 2.75) is 76.3 Å². The molecule has 218 valence electrons. The van der Waals surface area contributed by atoms with Crippen LogP contribution in [-0.4, -0.2) is 64.1 Å². The normalized spacial score (nSPS) is 22.4. The van der Waals surface area contributed by atoms with E-state index in [4.69, 9.17) is 42.1 Å². The molecule has 9 nitrogen and oxygen atoms in total. The molecule has 1 aromatic heterocycles. The Kier molecular flexibility index (Phi) is 7.50. The number of nitrogens with zero attached hydrogens (tertiary/aromatic N) is 3. The monoisotopic (exact) mass is 604 g/mol. The molecule has 3 fully saturated rings. The smallest absolute Gasteiger partial charge is 0.410 e. The number of carbonyl (C=O) groups excluding carboxylic acids is 1. The first-order valence-corrected chi connectivity index (χ1v) is 14.4. The number of aromatic nitrogens is 2. The second kappa shape index (κ2) is 11.0. The zero-order chi connectivity index (χ0) is 28.9. The fraction of sp³-hybridized carbons (Fsp3) is 0.483. The molecular formula is C29H31Cl2FN4O5. The third kappa shape index (κ3) is 5.82. The van der Waals surface area contributed by atoms with Gasteiger partial charge in [-0.05, 0) is 51.8 Å². The molecule has 6 rings (SSSR count). The van der Waals surface area contributed by atoms with Crippen molar-refractivity contribution in [3.8, 4) is 11.5 Å². The number of carbonyl (C=O) groups is 1. The Morgan fingerprint density at radius 2 is 1.73 bits per heavy atom. The van der Waals surface area contributed by atoms with Crippen LogP contribution in [0.4, 0.5) is 20.7 Å². The molecule has 2 aromatic carbocycles. The maximum absolute atomic E-state index is 14.8. The van der Waals surface area contributed by atoms with Crippen molar-refractivity contribution in [2.75, 3.05) is 18.5 Å². The van der Waals surface area contributed by atoms with Gasteiger partial charge in [0, 0.05) is 36.4 Å². The molecule has 41 heavy (non-hydrogen) atoms. The van der Waals surface area contributed by atoms with E-state index in [0.29, 0.717) is 54.3 Å². The van der Waals surface area contributed by atoms with E-state index in [1.165, 1.54) is 18.5 Å². The minimum absolute atomic E-state index is 0.0386. The lowest BCUT2D eigenvalue weighted by atomic mass is 10.00. The molecule has 2 bridgehead atoms. The third-order valence-electron chi connectivity index (χ3n) is 7.48. The number of amides is 1. The number of ether oxygens (including phenoxy) is 4. The number of rotatable bonds is 6. The standard InChI is InChI=1S/C29H31Cl2FN4O5/c1-29(2,3)41-28(37)36-15-4-5-16(36)9-17(8-15)39-23-10-19-22(11-24(23)40-18-12-38-13-18)33-14-34-27(19)35-21-7-6-20(30)25(31)26(21)32/h6-7,10-11,14-18H,4-5,8-9,12-13H2,1-3H3,(H,33,34,35)/t15-,16+,17-. The molecule has 3 aromatic rings. The summed E-state index contributed by atoms with van der Waals surface area (Å²) in [5.74, 6) is 0.750. The molecule has 0 spiro atoms. The summed E-state index contributed by atoms with van der Waals surface area (Å²) in [4.78, 5) is 23.6. The van der Waals surface area contributed by atoms with Gasteiger partial charge in [-0.25, -0.2) is 19.2 Å². The predicted molar refractivity (Wildman–Crippen MR) is 153 cm³/mol. The van der Waals surface area contributed by atoms with E-state index in [9.17, 15) is 9.18 Å². The number of halogens is 3. The van der Waals surface area contributed by atoms with Crippen LogP contribution >= 0.6 is 23.2 Å². The Morgan fingerprint density at radius 1 is 1.05 bits per heavy atom. The summed E-state index contributed by atoms with van der Waals surface area (Å²) in [6, 6.07) is 6.69. The van der Waals surface area contributed by atoms with E-state index in [1.807, 2.05) is 31.7 Å². The van der Waals surface area contributed by atoms with Gasteiger partial charge in [-0.2, -0.15) is 0 Å². The highest BCUT2D eigenvalue weighted by molar-refractivity contribution is 6.42. The second-order valence-corrected chi connectivity index (χ2v) is 12.4. The van der Waals surface area contributed by atoms with Crippen molar-refractivity contribution in [1.82, 2.24) is 14.9 Å². The van der Waals surface area contributed by atoms with Crippen molar-refractivity contribution in [1.29, 1.82) is 0 Å². The first kappa shape index (κ1) is 28.1. The second-order valence-electron chi connectivity index (χ2n) is 11.6. The van der Waals surface area contributed by atoms with Crippen LogP contribution in [-0.2, 0) is 9.47 Å². The fourth-order valence-corrected chi connectivity index (χ4v) is 5.89. The molecule has 0 aliphatic carbocycles. The SMILES string of the molecule is CC(C)(C)OC(=O)N1[C@@H]2CC[C@H]1C[C@H](Oc1cc3c(Nc4ccc(Cl)c(Cl)c4F)ncnc3cc1OC1COC1)C2. The van der Waals surface area contributed by atoms with Crippen LogP contribution in [0.2, 0.25) is 10.0 Å². The van der Waals surface area contributed by atoms with E-state index < -0.39 is 11.4 Å². The van der Waals surface area contributed by atoms with Gasteiger partial charge >= 0.3 is 6.09 Å². The summed E-state index contributed by atoms with van der Waals surface area (Å²) in [6.45, 7) is 6.60. The van der Waals surface area contributed by atoms with Gasteiger partial charge in [0.2, 0.25) is 0 Å². The summed E-state index contributed by atoms with van der Waals surface area (Å²) < 4.78 is 38.6. The van der Waals surface area contributed by atoms with E-state index in [-0.39, 0.29) is 46.1 Å². The number of nitrogens with one attached hydrogen (secondary N) is 1. The maximum atomic E-state index is 14.8. The molecule has 4 heterocycles. The zero-order valence-electron chi connectivity index (χ0n) is 23.0. The van der Waals surface area contributed by atoms with Crippen LogP contribution in [0.1, 0.15) is 46.5 Å². The van der Waals surface area contributed by atoms with Crippen LogP contribution < -0.4 is 14.8 Å². The molecule has 3 aliphatic rings. The lowest BCUT2D eigenvalue weighted by molar-refractivity contribution is -0.0809. The summed E-state index contributed by atoms with van der Waals surface area (Å²) >= 11 is 12.0. The number of hydrogen-bond donors (Lipinski definition) is 1. The van der Waals surface area contributed by atoms with Crippen LogP contribution in [0, 0.1) is 5.82 Å². The molecule has 0 saturated carbocycles. The van der Waals surface area contributed by atoms with Crippen molar-refractivity contribution >= 4 is 51.7 Å². The molecular weight excluding hydrogens is 574 g/mol. The molecule has 3 atom stereocenters. The Hall–Kier alpha value is -3.08. The Balaban J connectivity index is 1.29. The Morgan fingerprint density at radius 3 is 2.39 bits per heavy atom. The quantitative estimate of drug-likeness (QED) is 0.303. The van der Waals surface area contributed by atoms with E-state index >= 15 is 0 Å². The van der Waals surface area contributed by atoms with E-state index in [2.05, 4.69) is 15.3 Å². The predicted octanol–water partition coefficient (Wildman–Crippen LogP) is 6.91. The van der Waals surface area contributed by atoms with Crippen molar-refractivity contribution in [3.63, 3.8) is 0 Å². The van der Waals surface area contributed by atoms with Gasteiger partial charge in [0.15, 0.2) is 17.3 Å². The molecule has 1 N–H and O–H groups in total. The number of hydrogen-bond acceptors (Lipinski definition) is 8. The minimum atomic E-state index is -0.681. The van der Waals surface area contributed by atoms with Crippen molar-refractivity contribution in [3.05, 3.63) is 46.5 Å². The summed E-state index contributed by atoms with van der Waals surface area (Å²) in [5.41, 5.74) is 0.158. The number of benzene rings is 2. The highest BCUT2D eigenvalue weighted by Gasteiger charge is 2.45. The fourth-order valence-electron chi connectivity index (χ4n) is 5.58. The van der Waals surface area contributed by atoms with Gasteiger partial charge in [0.05, 0.1) is 34.5 Å². The topological polar surface area (TPSA) is 95.0 Å². The van der Waals surface area contributed by atoms with Gasteiger partial charge in [-0.15, -0.1) is 0 Å². The lowest BCUT2D eigenvalue weighted by Crippen LogP contribution is -2.50. The lowest BCUT2D eigenvalue weighted by Gasteiger charge is -2.39. The molecule has 3 saturated heterocycles. The molecule has 1 amide bonds. The van der Waals surface area contributed by atoms with Gasteiger partial charge < -0.3 is 29.2 Å². The first-order valence-electron chi connectivity index (χ1n) is 13.7. The minimum Gasteiger partial charge on any atom is -0.486 e. The van der Waals surface area contributed by atoms with Crippen molar-refractivity contribution < 1.29 is 28.1 Å². The average molecular weight is 605 g/mol.